The maximum absolute atomic E-state index is 11.6. The number of carboxylic acid groups (broad SMARTS) is 1. The number of carbonyl (C=O) groups excluding carboxylic acids is 1. The first-order valence-electron chi connectivity index (χ1n) is 5.62. The molecule has 3 N–H and O–H groups in total. The van der Waals surface area contributed by atoms with Gasteiger partial charge in [-0.25, -0.2) is 14.6 Å². The van der Waals surface area contributed by atoms with E-state index in [2.05, 4.69) is 25.7 Å². The van der Waals surface area contributed by atoms with Crippen LogP contribution in [0.25, 0.3) is 0 Å². The van der Waals surface area contributed by atoms with E-state index < -0.39 is 12.0 Å². The number of carbonyl (C=O) groups is 2. The van der Waals surface area contributed by atoms with Crippen LogP contribution in [0.2, 0.25) is 0 Å². The van der Waals surface area contributed by atoms with Crippen LogP contribution in [0.3, 0.4) is 0 Å². The Hall–Kier alpha value is -2.97. The summed E-state index contributed by atoms with van der Waals surface area (Å²) in [6, 6.07) is 0.815. The SMILES string of the molecule is Cn1cnc(CNC(=O)Nc2cncc(C(=O)O)c2)n1. The lowest BCUT2D eigenvalue weighted by atomic mass is 10.3. The number of amides is 2. The number of urea groups is 1. The molecule has 2 rings (SSSR count). The minimum Gasteiger partial charge on any atom is -0.478 e. The second-order valence-electron chi connectivity index (χ2n) is 3.91. The van der Waals surface area contributed by atoms with E-state index >= 15 is 0 Å². The fourth-order valence-electron chi connectivity index (χ4n) is 1.42. The molecule has 2 heterocycles. The predicted octanol–water partition coefficient (Wildman–Crippen LogP) is 0.230. The second kappa shape index (κ2) is 5.78. The lowest BCUT2D eigenvalue weighted by Gasteiger charge is -2.06. The number of carboxylic acids is 1. The molecule has 0 fully saturated rings. The van der Waals surface area contributed by atoms with E-state index in [1.807, 2.05) is 0 Å². The summed E-state index contributed by atoms with van der Waals surface area (Å²) < 4.78 is 1.52. The molecule has 0 saturated heterocycles. The average Bonchev–Trinajstić information content (AvgIpc) is 2.82. The Morgan fingerprint density at radius 3 is 2.85 bits per heavy atom. The van der Waals surface area contributed by atoms with Gasteiger partial charge in [-0.15, -0.1) is 0 Å². The standard InChI is InChI=1S/C11H12N6O3/c1-17-6-14-9(16-17)5-13-11(20)15-8-2-7(10(18)19)3-12-4-8/h2-4,6H,5H2,1H3,(H,18,19)(H2,13,15,20). The smallest absolute Gasteiger partial charge is 0.337 e. The van der Waals surface area contributed by atoms with Crippen molar-refractivity contribution in [2.24, 2.45) is 7.05 Å². The van der Waals surface area contributed by atoms with Gasteiger partial charge >= 0.3 is 12.0 Å². The fraction of sp³-hybridized carbons (Fsp3) is 0.182. The molecule has 0 bridgehead atoms. The van der Waals surface area contributed by atoms with Crippen molar-refractivity contribution < 1.29 is 14.7 Å². The molecule has 0 aliphatic heterocycles. The summed E-state index contributed by atoms with van der Waals surface area (Å²) in [5, 5.41) is 17.8. The zero-order valence-corrected chi connectivity index (χ0v) is 10.6. The Morgan fingerprint density at radius 2 is 2.20 bits per heavy atom. The first-order chi connectivity index (χ1) is 9.54. The van der Waals surface area contributed by atoms with Crippen molar-refractivity contribution in [1.29, 1.82) is 0 Å². The van der Waals surface area contributed by atoms with Gasteiger partial charge in [-0.3, -0.25) is 9.67 Å². The molecule has 0 aromatic carbocycles. The summed E-state index contributed by atoms with van der Waals surface area (Å²) in [4.78, 5) is 30.1. The van der Waals surface area contributed by atoms with E-state index in [0.717, 1.165) is 0 Å². The van der Waals surface area contributed by atoms with E-state index in [1.54, 1.807) is 7.05 Å². The third kappa shape index (κ3) is 3.51. The molecular weight excluding hydrogens is 264 g/mol. The number of hydrogen-bond acceptors (Lipinski definition) is 5. The van der Waals surface area contributed by atoms with E-state index in [0.29, 0.717) is 5.82 Å². The number of aromatic carboxylic acids is 1. The van der Waals surface area contributed by atoms with Crippen molar-refractivity contribution in [3.05, 3.63) is 36.2 Å². The van der Waals surface area contributed by atoms with Crippen molar-refractivity contribution in [2.75, 3.05) is 5.32 Å². The van der Waals surface area contributed by atoms with Crippen LogP contribution in [0.1, 0.15) is 16.2 Å². The van der Waals surface area contributed by atoms with Gasteiger partial charge in [-0.2, -0.15) is 5.10 Å². The number of rotatable bonds is 4. The lowest BCUT2D eigenvalue weighted by molar-refractivity contribution is 0.0696. The van der Waals surface area contributed by atoms with Crippen molar-refractivity contribution in [3.63, 3.8) is 0 Å². The lowest BCUT2D eigenvalue weighted by Crippen LogP contribution is -2.28. The van der Waals surface area contributed by atoms with E-state index in [4.69, 9.17) is 5.11 Å². The Labute approximate surface area is 113 Å². The van der Waals surface area contributed by atoms with Crippen LogP contribution in [-0.2, 0) is 13.6 Å². The summed E-state index contributed by atoms with van der Waals surface area (Å²) in [6.45, 7) is 0.165. The Kier molecular flexibility index (Phi) is 3.89. The third-order valence-corrected chi connectivity index (χ3v) is 2.30. The van der Waals surface area contributed by atoms with E-state index in [-0.39, 0.29) is 17.8 Å². The third-order valence-electron chi connectivity index (χ3n) is 2.30. The van der Waals surface area contributed by atoms with Gasteiger partial charge < -0.3 is 15.7 Å². The topological polar surface area (TPSA) is 122 Å². The number of pyridine rings is 1. The van der Waals surface area contributed by atoms with E-state index in [9.17, 15) is 9.59 Å². The quantitative estimate of drug-likeness (QED) is 0.734. The molecule has 0 saturated carbocycles. The van der Waals surface area contributed by atoms with E-state index in [1.165, 1.54) is 29.5 Å². The summed E-state index contributed by atoms with van der Waals surface area (Å²) in [6.07, 6.45) is 4.07. The van der Waals surface area contributed by atoms with Crippen molar-refractivity contribution >= 4 is 17.7 Å². The number of anilines is 1. The molecular formula is C11H12N6O3. The number of nitrogens with zero attached hydrogens (tertiary/aromatic N) is 4. The minimum atomic E-state index is -1.11. The normalized spacial score (nSPS) is 10.1. The van der Waals surface area contributed by atoms with Gasteiger partial charge in [0.1, 0.15) is 6.33 Å². The molecule has 0 unspecified atom stereocenters. The highest BCUT2D eigenvalue weighted by Crippen LogP contribution is 2.08. The van der Waals surface area contributed by atoms with Crippen LogP contribution in [0.4, 0.5) is 10.5 Å². The highest BCUT2D eigenvalue weighted by molar-refractivity contribution is 5.92. The zero-order valence-electron chi connectivity index (χ0n) is 10.6. The first kappa shape index (κ1) is 13.5. The first-order valence-corrected chi connectivity index (χ1v) is 5.62. The summed E-state index contributed by atoms with van der Waals surface area (Å²) >= 11 is 0. The predicted molar refractivity (Wildman–Crippen MR) is 68.1 cm³/mol. The maximum Gasteiger partial charge on any atom is 0.337 e. The summed E-state index contributed by atoms with van der Waals surface area (Å²) in [5.41, 5.74) is 0.283. The average molecular weight is 276 g/mol. The van der Waals surface area contributed by atoms with Crippen LogP contribution < -0.4 is 10.6 Å². The molecule has 2 amide bonds. The minimum absolute atomic E-state index is 0.00538. The number of aromatic nitrogens is 4. The monoisotopic (exact) mass is 276 g/mol. The number of aryl methyl sites for hydroxylation is 1. The highest BCUT2D eigenvalue weighted by atomic mass is 16.4. The molecule has 2 aromatic heterocycles. The van der Waals surface area contributed by atoms with Crippen molar-refractivity contribution in [3.8, 4) is 0 Å². The molecule has 0 spiro atoms. The molecule has 0 atom stereocenters. The highest BCUT2D eigenvalue weighted by Gasteiger charge is 2.07. The van der Waals surface area contributed by atoms with Crippen molar-refractivity contribution in [2.45, 2.75) is 6.54 Å². The van der Waals surface area contributed by atoms with Crippen molar-refractivity contribution in [1.82, 2.24) is 25.1 Å². The molecule has 20 heavy (non-hydrogen) atoms. The van der Waals surface area contributed by atoms with Gasteiger partial charge in [0.05, 0.1) is 24.0 Å². The van der Waals surface area contributed by atoms with Crippen LogP contribution in [0.15, 0.2) is 24.8 Å². The Balaban J connectivity index is 1.91. The fourth-order valence-corrected chi connectivity index (χ4v) is 1.42. The van der Waals surface area contributed by atoms with Gasteiger partial charge in [0, 0.05) is 13.2 Å². The van der Waals surface area contributed by atoms with Gasteiger partial charge in [0.2, 0.25) is 0 Å². The molecule has 9 heteroatoms. The Morgan fingerprint density at radius 1 is 1.40 bits per heavy atom. The molecule has 0 radical (unpaired) electrons. The molecule has 0 aliphatic rings. The summed E-state index contributed by atoms with van der Waals surface area (Å²) in [5.74, 6) is -0.640. The molecule has 104 valence electrons. The maximum atomic E-state index is 11.6. The van der Waals surface area contributed by atoms with Gasteiger partial charge in [-0.1, -0.05) is 0 Å². The summed E-state index contributed by atoms with van der Waals surface area (Å²) in [7, 11) is 1.72. The molecule has 9 nitrogen and oxygen atoms in total. The second-order valence-corrected chi connectivity index (χ2v) is 3.91. The molecule has 2 aromatic rings. The van der Waals surface area contributed by atoms with Crippen LogP contribution in [0, 0.1) is 0 Å². The van der Waals surface area contributed by atoms with Crippen LogP contribution in [-0.4, -0.2) is 36.9 Å². The van der Waals surface area contributed by atoms with Gasteiger partial charge in [0.25, 0.3) is 0 Å². The van der Waals surface area contributed by atoms with Gasteiger partial charge in [0.15, 0.2) is 5.82 Å². The number of nitrogens with one attached hydrogen (secondary N) is 2. The zero-order chi connectivity index (χ0) is 14.5. The van der Waals surface area contributed by atoms with Gasteiger partial charge in [-0.05, 0) is 6.07 Å². The van der Waals surface area contributed by atoms with Crippen LogP contribution >= 0.6 is 0 Å². The number of hydrogen-bond donors (Lipinski definition) is 3. The van der Waals surface area contributed by atoms with Crippen LogP contribution in [0.5, 0.6) is 0 Å². The largest absolute Gasteiger partial charge is 0.478 e. The molecule has 0 aliphatic carbocycles. The Bertz CT molecular complexity index is 639.